The smallest absolute Gasteiger partial charge is 0.265 e. The molecule has 1 heterocycles. The highest BCUT2D eigenvalue weighted by molar-refractivity contribution is 6.30. The van der Waals surface area contributed by atoms with E-state index < -0.39 is 0 Å². The van der Waals surface area contributed by atoms with Crippen LogP contribution in [0.2, 0.25) is 5.02 Å². The fraction of sp³-hybridized carbons (Fsp3) is 0.500. The molecule has 9 heteroatoms. The first-order chi connectivity index (χ1) is 18.9. The van der Waals surface area contributed by atoms with Gasteiger partial charge in [0.1, 0.15) is 5.75 Å². The van der Waals surface area contributed by atoms with E-state index in [2.05, 4.69) is 10.6 Å². The highest BCUT2D eigenvalue weighted by Gasteiger charge is 2.38. The van der Waals surface area contributed by atoms with Crippen LogP contribution in [-0.4, -0.2) is 42.5 Å². The maximum Gasteiger partial charge on any atom is 0.265 e. The Bertz CT molecular complexity index is 1200. The van der Waals surface area contributed by atoms with Crippen LogP contribution < -0.4 is 26.0 Å². The molecule has 8 nitrogen and oxygen atoms in total. The molecule has 2 aromatic rings. The SMILES string of the molecule is NC1CCCCC1NC(=O)c1ccc2c(c1)NC(=O)CC(C1CCCCC1)N2C(=O)COc1ccc(Cl)cc1. The van der Waals surface area contributed by atoms with Crippen molar-refractivity contribution in [3.8, 4) is 5.75 Å². The number of halogens is 1. The van der Waals surface area contributed by atoms with Crippen molar-refractivity contribution in [2.75, 3.05) is 16.8 Å². The number of nitrogens with two attached hydrogens (primary N) is 1. The number of hydrogen-bond acceptors (Lipinski definition) is 5. The topological polar surface area (TPSA) is 114 Å². The second-order valence-electron chi connectivity index (χ2n) is 11.0. The standard InChI is InChI=1S/C30H37ClN4O4/c31-21-11-13-22(14-12-21)39-18-29(37)35-26-15-10-20(30(38)34-24-9-5-4-8-23(24)32)16-25(26)33-28(36)17-27(35)19-6-2-1-3-7-19/h10-16,19,23-24,27H,1-9,17-18,32H2,(H,33,36)(H,34,38). The van der Waals surface area contributed by atoms with E-state index in [1.54, 1.807) is 47.4 Å². The molecule has 2 saturated carbocycles. The third-order valence-electron chi connectivity index (χ3n) is 8.29. The molecule has 3 amide bonds. The van der Waals surface area contributed by atoms with E-state index in [1.165, 1.54) is 6.42 Å². The van der Waals surface area contributed by atoms with Crippen LogP contribution in [0.4, 0.5) is 11.4 Å². The summed E-state index contributed by atoms with van der Waals surface area (Å²) in [6.07, 6.45) is 9.34. The highest BCUT2D eigenvalue weighted by atomic mass is 35.5. The summed E-state index contributed by atoms with van der Waals surface area (Å²) in [7, 11) is 0. The maximum absolute atomic E-state index is 13.8. The first kappa shape index (κ1) is 27.5. The number of benzene rings is 2. The molecule has 3 atom stereocenters. The monoisotopic (exact) mass is 552 g/mol. The lowest BCUT2D eigenvalue weighted by molar-refractivity contribution is -0.121. The summed E-state index contributed by atoms with van der Waals surface area (Å²) in [6, 6.07) is 11.6. The molecule has 2 aliphatic carbocycles. The quantitative estimate of drug-likeness (QED) is 0.464. The summed E-state index contributed by atoms with van der Waals surface area (Å²) in [5.41, 5.74) is 7.71. The predicted molar refractivity (Wildman–Crippen MR) is 152 cm³/mol. The Kier molecular flexibility index (Phi) is 8.72. The summed E-state index contributed by atoms with van der Waals surface area (Å²) in [4.78, 5) is 41.7. The molecule has 2 aromatic carbocycles. The lowest BCUT2D eigenvalue weighted by Gasteiger charge is -2.37. The molecule has 1 aliphatic heterocycles. The van der Waals surface area contributed by atoms with Gasteiger partial charge in [-0.05, 0) is 74.1 Å². The van der Waals surface area contributed by atoms with E-state index in [9.17, 15) is 14.4 Å². The minimum Gasteiger partial charge on any atom is -0.484 e. The Balaban J connectivity index is 1.42. The number of fused-ring (bicyclic) bond motifs is 1. The highest BCUT2D eigenvalue weighted by Crippen LogP contribution is 2.39. The second-order valence-corrected chi connectivity index (χ2v) is 11.4. The van der Waals surface area contributed by atoms with Crippen LogP contribution in [0, 0.1) is 5.92 Å². The predicted octanol–water partition coefficient (Wildman–Crippen LogP) is 5.04. The second kappa shape index (κ2) is 12.4. The molecule has 0 bridgehead atoms. The van der Waals surface area contributed by atoms with Crippen molar-refractivity contribution in [3.05, 3.63) is 53.1 Å². The van der Waals surface area contributed by atoms with Gasteiger partial charge < -0.3 is 26.0 Å². The van der Waals surface area contributed by atoms with Gasteiger partial charge in [0, 0.05) is 35.1 Å². The van der Waals surface area contributed by atoms with Crippen LogP contribution in [0.5, 0.6) is 5.75 Å². The third-order valence-corrected chi connectivity index (χ3v) is 8.55. The zero-order chi connectivity index (χ0) is 27.4. The Hall–Kier alpha value is -3.10. The zero-order valence-electron chi connectivity index (χ0n) is 22.2. The number of ether oxygens (including phenoxy) is 1. The molecule has 39 heavy (non-hydrogen) atoms. The lowest BCUT2D eigenvalue weighted by atomic mass is 9.81. The van der Waals surface area contributed by atoms with Gasteiger partial charge in [-0.1, -0.05) is 43.7 Å². The molecule has 3 aliphatic rings. The normalized spacial score (nSPS) is 23.8. The van der Waals surface area contributed by atoms with Crippen molar-refractivity contribution in [2.45, 2.75) is 82.3 Å². The average Bonchev–Trinajstić information content (AvgIpc) is 3.09. The van der Waals surface area contributed by atoms with E-state index in [-0.39, 0.29) is 54.8 Å². The van der Waals surface area contributed by atoms with Crippen LogP contribution in [0.15, 0.2) is 42.5 Å². The van der Waals surface area contributed by atoms with Crippen LogP contribution >= 0.6 is 11.6 Å². The van der Waals surface area contributed by atoms with Crippen molar-refractivity contribution >= 4 is 40.7 Å². The summed E-state index contributed by atoms with van der Waals surface area (Å²) in [5.74, 6) is 0.132. The molecule has 4 N–H and O–H groups in total. The van der Waals surface area contributed by atoms with E-state index in [0.29, 0.717) is 27.7 Å². The minimum absolute atomic E-state index is 0.0618. The number of hydrogen-bond donors (Lipinski definition) is 3. The number of carbonyl (C=O) groups is 3. The van der Waals surface area contributed by atoms with E-state index in [0.717, 1.165) is 51.4 Å². The van der Waals surface area contributed by atoms with Crippen molar-refractivity contribution in [1.29, 1.82) is 0 Å². The summed E-state index contributed by atoms with van der Waals surface area (Å²) in [5, 5.41) is 6.63. The Morgan fingerprint density at radius 2 is 1.72 bits per heavy atom. The van der Waals surface area contributed by atoms with Crippen molar-refractivity contribution in [2.24, 2.45) is 11.7 Å². The van der Waals surface area contributed by atoms with Gasteiger partial charge in [-0.3, -0.25) is 14.4 Å². The number of nitrogens with zero attached hydrogens (tertiary/aromatic N) is 1. The van der Waals surface area contributed by atoms with Gasteiger partial charge in [0.05, 0.1) is 11.4 Å². The summed E-state index contributed by atoms with van der Waals surface area (Å²) >= 11 is 5.98. The summed E-state index contributed by atoms with van der Waals surface area (Å²) < 4.78 is 5.82. The van der Waals surface area contributed by atoms with Gasteiger partial charge in [-0.2, -0.15) is 0 Å². The van der Waals surface area contributed by atoms with E-state index >= 15 is 0 Å². The van der Waals surface area contributed by atoms with Gasteiger partial charge in [0.2, 0.25) is 5.91 Å². The van der Waals surface area contributed by atoms with E-state index in [4.69, 9.17) is 22.1 Å². The maximum atomic E-state index is 13.8. The Morgan fingerprint density at radius 3 is 2.46 bits per heavy atom. The van der Waals surface area contributed by atoms with Gasteiger partial charge in [-0.25, -0.2) is 0 Å². The van der Waals surface area contributed by atoms with Gasteiger partial charge in [0.25, 0.3) is 11.8 Å². The van der Waals surface area contributed by atoms with Gasteiger partial charge in [-0.15, -0.1) is 0 Å². The van der Waals surface area contributed by atoms with E-state index in [1.807, 2.05) is 0 Å². The fourth-order valence-electron chi connectivity index (χ4n) is 6.20. The van der Waals surface area contributed by atoms with Crippen LogP contribution in [-0.2, 0) is 9.59 Å². The Labute approximate surface area is 234 Å². The van der Waals surface area contributed by atoms with Crippen LogP contribution in [0.1, 0.15) is 74.6 Å². The molecule has 208 valence electrons. The molecule has 0 radical (unpaired) electrons. The molecule has 2 fully saturated rings. The van der Waals surface area contributed by atoms with Crippen LogP contribution in [0.3, 0.4) is 0 Å². The van der Waals surface area contributed by atoms with Crippen molar-refractivity contribution < 1.29 is 19.1 Å². The largest absolute Gasteiger partial charge is 0.484 e. The molecular formula is C30H37ClN4O4. The zero-order valence-corrected chi connectivity index (χ0v) is 22.9. The molecule has 0 saturated heterocycles. The van der Waals surface area contributed by atoms with Gasteiger partial charge in [0.15, 0.2) is 6.61 Å². The van der Waals surface area contributed by atoms with Crippen LogP contribution in [0.25, 0.3) is 0 Å². The number of amides is 3. The summed E-state index contributed by atoms with van der Waals surface area (Å²) in [6.45, 7) is -0.180. The average molecular weight is 553 g/mol. The molecule has 5 rings (SSSR count). The van der Waals surface area contributed by atoms with Crippen molar-refractivity contribution in [3.63, 3.8) is 0 Å². The molecule has 0 spiro atoms. The Morgan fingerprint density at radius 1 is 1.00 bits per heavy atom. The lowest BCUT2D eigenvalue weighted by Crippen LogP contribution is -2.49. The first-order valence-electron chi connectivity index (χ1n) is 14.1. The number of rotatable bonds is 6. The van der Waals surface area contributed by atoms with Gasteiger partial charge >= 0.3 is 0 Å². The third kappa shape index (κ3) is 6.56. The number of carbonyl (C=O) groups excluding carboxylic acids is 3. The number of nitrogens with one attached hydrogen (secondary N) is 2. The van der Waals surface area contributed by atoms with Crippen molar-refractivity contribution in [1.82, 2.24) is 5.32 Å². The fourth-order valence-corrected chi connectivity index (χ4v) is 6.33. The number of anilines is 2. The molecule has 3 unspecified atom stereocenters. The molecular weight excluding hydrogens is 516 g/mol. The minimum atomic E-state index is -0.284. The first-order valence-corrected chi connectivity index (χ1v) is 14.5. The molecule has 0 aromatic heterocycles.